The molecule has 0 amide bonds. The number of non-ortho nitro benzene ring substituents is 1. The topological polar surface area (TPSA) is 171 Å². The number of carbonyl (C=O) groups is 1. The van der Waals surface area contributed by atoms with Crippen LogP contribution in [0.5, 0.6) is 5.75 Å². The number of aromatic carboxylic acids is 1. The normalized spacial score (nSPS) is 12.3. The molecular weight excluding hydrogens is 536 g/mol. The number of phenolic OH excluding ortho intramolecular Hbond substituents is 1. The maximum Gasteiger partial charge on any atom is 0.337 e. The zero-order chi connectivity index (χ0) is 30.0. The molecule has 0 aromatic heterocycles. The lowest BCUT2D eigenvalue weighted by atomic mass is 9.78. The summed E-state index contributed by atoms with van der Waals surface area (Å²) in [6, 6.07) is 12.1. The van der Waals surface area contributed by atoms with Gasteiger partial charge in [0, 0.05) is 23.3 Å². The minimum absolute atomic E-state index is 0.0759. The quantitative estimate of drug-likeness (QED) is 0.149. The third-order valence-electron chi connectivity index (χ3n) is 6.01. The number of para-hydroxylation sites is 1. The third-order valence-corrected chi connectivity index (χ3v) is 7.42. The molecule has 0 radical (unpaired) electrons. The highest BCUT2D eigenvalue weighted by Crippen LogP contribution is 2.39. The number of hydrogen-bond donors (Lipinski definition) is 4. The first-order chi connectivity index (χ1) is 18.4. The van der Waals surface area contributed by atoms with Crippen LogP contribution in [-0.4, -0.2) is 35.7 Å². The van der Waals surface area contributed by atoms with E-state index in [1.54, 1.807) is 12.1 Å². The Kier molecular flexibility index (Phi) is 8.25. The van der Waals surface area contributed by atoms with Crippen LogP contribution in [-0.2, 0) is 20.9 Å². The number of hydrazone groups is 1. The number of nitro benzene ring substituents is 1. The average molecular weight is 569 g/mol. The van der Waals surface area contributed by atoms with E-state index in [1.807, 2.05) is 41.5 Å². The highest BCUT2D eigenvalue weighted by atomic mass is 32.2. The Bertz CT molecular complexity index is 1570. The zero-order valence-corrected chi connectivity index (χ0v) is 23.8. The number of nitrogens with zero attached hydrogens (tertiary/aromatic N) is 2. The van der Waals surface area contributed by atoms with Crippen molar-refractivity contribution in [1.82, 2.24) is 0 Å². The number of nitro groups is 1. The molecule has 0 bridgehead atoms. The van der Waals surface area contributed by atoms with Crippen molar-refractivity contribution in [1.29, 1.82) is 0 Å². The van der Waals surface area contributed by atoms with Crippen molar-refractivity contribution in [3.8, 4) is 5.75 Å². The Morgan fingerprint density at radius 1 is 0.950 bits per heavy atom. The van der Waals surface area contributed by atoms with Crippen LogP contribution in [0, 0.1) is 10.1 Å². The molecule has 12 heteroatoms. The highest BCUT2D eigenvalue weighted by molar-refractivity contribution is 7.93. The summed E-state index contributed by atoms with van der Waals surface area (Å²) in [5.74, 6) is -1.15. The van der Waals surface area contributed by atoms with Crippen LogP contribution in [0.4, 0.5) is 17.1 Å². The maximum absolute atomic E-state index is 13.3. The lowest BCUT2D eigenvalue weighted by molar-refractivity contribution is -0.385. The van der Waals surface area contributed by atoms with Crippen molar-refractivity contribution in [2.45, 2.75) is 57.3 Å². The molecule has 212 valence electrons. The maximum atomic E-state index is 13.3. The number of phenols is 1. The SMILES string of the molecule is CC(C)(C)c1cc(C=NNc2ccc([N+](=O)[O-])cc2S(=O)(=O)Nc2ccccc2C(=O)O)cc(C(C)(C)C)c1O. The van der Waals surface area contributed by atoms with Gasteiger partial charge in [-0.1, -0.05) is 53.7 Å². The van der Waals surface area contributed by atoms with Gasteiger partial charge in [-0.15, -0.1) is 0 Å². The molecule has 3 aromatic rings. The van der Waals surface area contributed by atoms with Gasteiger partial charge >= 0.3 is 5.97 Å². The predicted octanol–water partition coefficient (Wildman–Crippen LogP) is 5.84. The summed E-state index contributed by atoms with van der Waals surface area (Å²) in [5.41, 5.74) is 2.89. The molecule has 0 aliphatic heterocycles. The number of benzene rings is 3. The fourth-order valence-electron chi connectivity index (χ4n) is 3.95. The lowest BCUT2D eigenvalue weighted by Crippen LogP contribution is -2.18. The fourth-order valence-corrected chi connectivity index (χ4v) is 5.21. The van der Waals surface area contributed by atoms with E-state index < -0.39 is 31.5 Å². The smallest absolute Gasteiger partial charge is 0.337 e. The third kappa shape index (κ3) is 6.75. The molecule has 0 aliphatic rings. The Morgan fingerprint density at radius 2 is 1.52 bits per heavy atom. The van der Waals surface area contributed by atoms with Crippen molar-refractivity contribution in [2.24, 2.45) is 5.10 Å². The van der Waals surface area contributed by atoms with Crippen LogP contribution in [0.25, 0.3) is 0 Å². The standard InChI is InChI=1S/C28H32N4O7S/c1-27(2,3)20-13-17(14-21(25(20)33)28(4,5)6)16-29-30-23-12-11-18(32(36)37)15-24(23)40(38,39)31-22-10-8-7-9-19(22)26(34)35/h7-16,30-31,33H,1-6H3,(H,34,35). The van der Waals surface area contributed by atoms with E-state index in [2.05, 4.69) is 15.2 Å². The summed E-state index contributed by atoms with van der Waals surface area (Å²) in [6.07, 6.45) is 1.45. The molecule has 0 atom stereocenters. The molecule has 0 unspecified atom stereocenters. The van der Waals surface area contributed by atoms with E-state index in [4.69, 9.17) is 0 Å². The molecule has 0 saturated heterocycles. The second-order valence-electron chi connectivity index (χ2n) is 11.2. The van der Waals surface area contributed by atoms with Crippen LogP contribution in [0.3, 0.4) is 0 Å². The zero-order valence-electron chi connectivity index (χ0n) is 23.0. The number of anilines is 2. The van der Waals surface area contributed by atoms with Crippen molar-refractivity contribution < 1.29 is 28.3 Å². The van der Waals surface area contributed by atoms with E-state index in [0.29, 0.717) is 16.7 Å². The van der Waals surface area contributed by atoms with Gasteiger partial charge in [0.05, 0.1) is 28.1 Å². The summed E-state index contributed by atoms with van der Waals surface area (Å²) in [7, 11) is -4.50. The number of rotatable bonds is 8. The Balaban J connectivity index is 2.05. The van der Waals surface area contributed by atoms with Crippen LogP contribution in [0.2, 0.25) is 0 Å². The van der Waals surface area contributed by atoms with Crippen molar-refractivity contribution in [3.05, 3.63) is 87.0 Å². The van der Waals surface area contributed by atoms with Crippen molar-refractivity contribution >= 4 is 39.3 Å². The first kappa shape index (κ1) is 30.1. The summed E-state index contributed by atoms with van der Waals surface area (Å²) < 4.78 is 28.8. The van der Waals surface area contributed by atoms with Gasteiger partial charge < -0.3 is 10.2 Å². The molecule has 0 fully saturated rings. The molecule has 3 rings (SSSR count). The van der Waals surface area contributed by atoms with Crippen LogP contribution < -0.4 is 10.1 Å². The number of sulfonamides is 1. The van der Waals surface area contributed by atoms with E-state index in [9.17, 15) is 33.5 Å². The summed E-state index contributed by atoms with van der Waals surface area (Å²) >= 11 is 0. The molecule has 0 spiro atoms. The Morgan fingerprint density at radius 3 is 2.05 bits per heavy atom. The van der Waals surface area contributed by atoms with E-state index in [-0.39, 0.29) is 33.5 Å². The van der Waals surface area contributed by atoms with Gasteiger partial charge in [-0.2, -0.15) is 5.10 Å². The number of carboxylic acid groups (broad SMARTS) is 1. The van der Waals surface area contributed by atoms with Gasteiger partial charge in [0.25, 0.3) is 15.7 Å². The molecule has 11 nitrogen and oxygen atoms in total. The van der Waals surface area contributed by atoms with Crippen LogP contribution in [0.15, 0.2) is 64.6 Å². The average Bonchev–Trinajstić information content (AvgIpc) is 2.83. The minimum atomic E-state index is -4.50. The lowest BCUT2D eigenvalue weighted by Gasteiger charge is -2.27. The van der Waals surface area contributed by atoms with E-state index in [0.717, 1.165) is 12.1 Å². The molecule has 3 aromatic carbocycles. The first-order valence-electron chi connectivity index (χ1n) is 12.2. The summed E-state index contributed by atoms with van der Waals surface area (Å²) in [5, 5.41) is 35.9. The minimum Gasteiger partial charge on any atom is -0.507 e. The number of nitrogens with one attached hydrogen (secondary N) is 2. The van der Waals surface area contributed by atoms with Gasteiger partial charge in [0.1, 0.15) is 10.6 Å². The first-order valence-corrected chi connectivity index (χ1v) is 13.7. The predicted molar refractivity (Wildman–Crippen MR) is 154 cm³/mol. The number of hydrogen-bond acceptors (Lipinski definition) is 8. The Labute approximate surface area is 232 Å². The van der Waals surface area contributed by atoms with Gasteiger partial charge in [0.15, 0.2) is 0 Å². The van der Waals surface area contributed by atoms with E-state index in [1.165, 1.54) is 36.5 Å². The second-order valence-corrected chi connectivity index (χ2v) is 12.9. The van der Waals surface area contributed by atoms with Gasteiger partial charge in [-0.25, -0.2) is 13.2 Å². The van der Waals surface area contributed by atoms with Crippen molar-refractivity contribution in [2.75, 3.05) is 10.1 Å². The Hall–Kier alpha value is -4.45. The molecule has 0 saturated carbocycles. The molecule has 40 heavy (non-hydrogen) atoms. The fraction of sp³-hybridized carbons (Fsp3) is 0.286. The number of aromatic hydroxyl groups is 1. The monoisotopic (exact) mass is 568 g/mol. The van der Waals surface area contributed by atoms with Gasteiger partial charge in [-0.05, 0) is 46.7 Å². The second kappa shape index (κ2) is 11.0. The largest absolute Gasteiger partial charge is 0.507 e. The number of carboxylic acids is 1. The molecule has 0 heterocycles. The van der Waals surface area contributed by atoms with Crippen molar-refractivity contribution in [3.63, 3.8) is 0 Å². The van der Waals surface area contributed by atoms with Crippen LogP contribution >= 0.6 is 0 Å². The molecule has 4 N–H and O–H groups in total. The summed E-state index contributed by atoms with van der Waals surface area (Å²) in [6.45, 7) is 11.8. The molecule has 0 aliphatic carbocycles. The van der Waals surface area contributed by atoms with Crippen LogP contribution in [0.1, 0.15) is 68.6 Å². The highest BCUT2D eigenvalue weighted by Gasteiger charge is 2.27. The van der Waals surface area contributed by atoms with Gasteiger partial charge in [-0.3, -0.25) is 20.3 Å². The summed E-state index contributed by atoms with van der Waals surface area (Å²) in [4.78, 5) is 21.7. The molecular formula is C28H32N4O7S. The van der Waals surface area contributed by atoms with E-state index >= 15 is 0 Å². The van der Waals surface area contributed by atoms with Gasteiger partial charge in [0.2, 0.25) is 0 Å².